The van der Waals surface area contributed by atoms with E-state index >= 15 is 0 Å². The van der Waals surface area contributed by atoms with E-state index in [4.69, 9.17) is 20.4 Å². The Kier molecular flexibility index (Phi) is 5.68. The predicted octanol–water partition coefficient (Wildman–Crippen LogP) is 1.67. The molecule has 0 radical (unpaired) electrons. The van der Waals surface area contributed by atoms with E-state index in [1.54, 1.807) is 7.11 Å². The number of ether oxygens (including phenoxy) is 2. The van der Waals surface area contributed by atoms with Crippen LogP contribution in [0.15, 0.2) is 29.4 Å². The third kappa shape index (κ3) is 5.15. The van der Waals surface area contributed by atoms with Gasteiger partial charge in [-0.2, -0.15) is 0 Å². The minimum atomic E-state index is 0.275. The number of nitrogens with zero attached hydrogens (tertiary/aromatic N) is 2. The lowest BCUT2D eigenvalue weighted by atomic mass is 10.3. The fourth-order valence-corrected chi connectivity index (χ4v) is 2.18. The van der Waals surface area contributed by atoms with Gasteiger partial charge < -0.3 is 20.4 Å². The minimum absolute atomic E-state index is 0.275. The zero-order chi connectivity index (χ0) is 15.1. The first-order valence-corrected chi connectivity index (χ1v) is 7.20. The molecule has 1 aromatic rings. The first-order chi connectivity index (χ1) is 10.2. The zero-order valence-corrected chi connectivity index (χ0v) is 12.4. The van der Waals surface area contributed by atoms with Crippen molar-refractivity contribution < 1.29 is 14.7 Å². The SMILES string of the molecule is COc1ccc(OCCN(CCC(N)=NO)C2CC2)cc1. The second kappa shape index (κ2) is 7.73. The van der Waals surface area contributed by atoms with Crippen LogP contribution < -0.4 is 15.2 Å². The topological polar surface area (TPSA) is 80.3 Å². The standard InChI is InChI=1S/C15H23N3O3/c1-20-13-4-6-14(7-5-13)21-11-10-18(12-2-3-12)9-8-15(16)17-19/h4-7,12,19H,2-3,8-11H2,1H3,(H2,16,17). The average molecular weight is 293 g/mol. The molecular weight excluding hydrogens is 270 g/mol. The van der Waals surface area contributed by atoms with Crippen molar-refractivity contribution >= 4 is 5.84 Å². The molecule has 21 heavy (non-hydrogen) atoms. The minimum Gasteiger partial charge on any atom is -0.497 e. The van der Waals surface area contributed by atoms with Gasteiger partial charge in [0, 0.05) is 25.6 Å². The highest BCUT2D eigenvalue weighted by atomic mass is 16.5. The maximum Gasteiger partial charge on any atom is 0.140 e. The van der Waals surface area contributed by atoms with E-state index in [1.807, 2.05) is 24.3 Å². The number of oxime groups is 1. The predicted molar refractivity (Wildman–Crippen MR) is 81.1 cm³/mol. The summed E-state index contributed by atoms with van der Waals surface area (Å²) in [4.78, 5) is 2.33. The summed E-state index contributed by atoms with van der Waals surface area (Å²) in [6.07, 6.45) is 3.02. The molecule has 3 N–H and O–H groups in total. The summed E-state index contributed by atoms with van der Waals surface area (Å²) >= 11 is 0. The van der Waals surface area contributed by atoms with E-state index < -0.39 is 0 Å². The van der Waals surface area contributed by atoms with Gasteiger partial charge in [-0.1, -0.05) is 5.16 Å². The van der Waals surface area contributed by atoms with Crippen molar-refractivity contribution in [3.05, 3.63) is 24.3 Å². The van der Waals surface area contributed by atoms with E-state index in [0.717, 1.165) is 24.6 Å². The number of rotatable bonds is 9. The molecule has 1 aliphatic carbocycles. The van der Waals surface area contributed by atoms with E-state index in [9.17, 15) is 0 Å². The largest absolute Gasteiger partial charge is 0.497 e. The maximum absolute atomic E-state index is 8.58. The first-order valence-electron chi connectivity index (χ1n) is 7.20. The second-order valence-electron chi connectivity index (χ2n) is 5.13. The zero-order valence-electron chi connectivity index (χ0n) is 12.4. The molecular formula is C15H23N3O3. The molecule has 0 aliphatic heterocycles. The van der Waals surface area contributed by atoms with Crippen molar-refractivity contribution in [1.29, 1.82) is 0 Å². The smallest absolute Gasteiger partial charge is 0.140 e. The normalized spacial score (nSPS) is 15.2. The lowest BCUT2D eigenvalue weighted by Crippen LogP contribution is -2.33. The van der Waals surface area contributed by atoms with Gasteiger partial charge in [0.25, 0.3) is 0 Å². The first kappa shape index (κ1) is 15.4. The van der Waals surface area contributed by atoms with Crippen molar-refractivity contribution in [2.75, 3.05) is 26.8 Å². The van der Waals surface area contributed by atoms with Crippen LogP contribution in [0.2, 0.25) is 0 Å². The van der Waals surface area contributed by atoms with Crippen LogP contribution in [0.25, 0.3) is 0 Å². The molecule has 2 rings (SSSR count). The van der Waals surface area contributed by atoms with Crippen LogP contribution in [-0.2, 0) is 0 Å². The lowest BCUT2D eigenvalue weighted by molar-refractivity contribution is 0.204. The Morgan fingerprint density at radius 3 is 2.52 bits per heavy atom. The molecule has 6 nitrogen and oxygen atoms in total. The van der Waals surface area contributed by atoms with Crippen LogP contribution in [0.3, 0.4) is 0 Å². The van der Waals surface area contributed by atoms with Crippen LogP contribution in [0.4, 0.5) is 0 Å². The Morgan fingerprint density at radius 2 is 1.95 bits per heavy atom. The molecule has 0 saturated heterocycles. The summed E-state index contributed by atoms with van der Waals surface area (Å²) in [6.45, 7) is 2.26. The Morgan fingerprint density at radius 1 is 1.29 bits per heavy atom. The molecule has 1 fully saturated rings. The van der Waals surface area contributed by atoms with E-state index in [-0.39, 0.29) is 5.84 Å². The third-order valence-corrected chi connectivity index (χ3v) is 3.55. The van der Waals surface area contributed by atoms with Crippen LogP contribution in [0.1, 0.15) is 19.3 Å². The molecule has 0 aromatic heterocycles. The number of methoxy groups -OCH3 is 1. The molecule has 0 unspecified atom stereocenters. The van der Waals surface area contributed by atoms with Crippen molar-refractivity contribution in [3.8, 4) is 11.5 Å². The van der Waals surface area contributed by atoms with E-state index in [2.05, 4.69) is 10.1 Å². The number of hydrogen-bond donors (Lipinski definition) is 2. The number of benzene rings is 1. The summed E-state index contributed by atoms with van der Waals surface area (Å²) in [5, 5.41) is 11.6. The lowest BCUT2D eigenvalue weighted by Gasteiger charge is -2.21. The van der Waals surface area contributed by atoms with Gasteiger partial charge in [-0.3, -0.25) is 4.90 Å². The van der Waals surface area contributed by atoms with Crippen molar-refractivity contribution in [3.63, 3.8) is 0 Å². The van der Waals surface area contributed by atoms with Gasteiger partial charge >= 0.3 is 0 Å². The molecule has 0 spiro atoms. The fraction of sp³-hybridized carbons (Fsp3) is 0.533. The van der Waals surface area contributed by atoms with Crippen LogP contribution >= 0.6 is 0 Å². The Hall–Kier alpha value is -1.95. The van der Waals surface area contributed by atoms with E-state index in [0.29, 0.717) is 19.1 Å². The number of hydrogen-bond acceptors (Lipinski definition) is 5. The highest BCUT2D eigenvalue weighted by molar-refractivity contribution is 5.79. The fourth-order valence-electron chi connectivity index (χ4n) is 2.18. The molecule has 6 heteroatoms. The molecule has 1 aromatic carbocycles. The quantitative estimate of drug-likeness (QED) is 0.313. The molecule has 0 heterocycles. The Balaban J connectivity index is 1.73. The summed E-state index contributed by atoms with van der Waals surface area (Å²) in [5.74, 6) is 1.93. The summed E-state index contributed by atoms with van der Waals surface area (Å²) in [7, 11) is 1.64. The van der Waals surface area contributed by atoms with Gasteiger partial charge in [0.05, 0.1) is 7.11 Å². The molecule has 1 saturated carbocycles. The van der Waals surface area contributed by atoms with E-state index in [1.165, 1.54) is 12.8 Å². The van der Waals surface area contributed by atoms with Gasteiger partial charge in [0.2, 0.25) is 0 Å². The van der Waals surface area contributed by atoms with Crippen LogP contribution in [0, 0.1) is 0 Å². The third-order valence-electron chi connectivity index (χ3n) is 3.55. The highest BCUT2D eigenvalue weighted by Gasteiger charge is 2.28. The number of amidine groups is 1. The van der Waals surface area contributed by atoms with Crippen LogP contribution in [-0.4, -0.2) is 48.8 Å². The van der Waals surface area contributed by atoms with Gasteiger partial charge in [0.1, 0.15) is 23.9 Å². The molecule has 116 valence electrons. The van der Waals surface area contributed by atoms with Crippen molar-refractivity contribution in [1.82, 2.24) is 4.90 Å². The van der Waals surface area contributed by atoms with Gasteiger partial charge in [-0.15, -0.1) is 0 Å². The van der Waals surface area contributed by atoms with Gasteiger partial charge in [-0.25, -0.2) is 0 Å². The summed E-state index contributed by atoms with van der Waals surface area (Å²) in [5.41, 5.74) is 5.52. The Bertz CT molecular complexity index is 458. The molecule has 0 atom stereocenters. The Labute approximate surface area is 125 Å². The average Bonchev–Trinajstić information content (AvgIpc) is 3.35. The summed E-state index contributed by atoms with van der Waals surface area (Å²) < 4.78 is 10.8. The maximum atomic E-state index is 8.58. The van der Waals surface area contributed by atoms with Gasteiger partial charge in [0.15, 0.2) is 0 Å². The van der Waals surface area contributed by atoms with Crippen LogP contribution in [0.5, 0.6) is 11.5 Å². The van der Waals surface area contributed by atoms with Crippen molar-refractivity contribution in [2.24, 2.45) is 10.9 Å². The van der Waals surface area contributed by atoms with Gasteiger partial charge in [-0.05, 0) is 37.1 Å². The number of nitrogens with two attached hydrogens (primary N) is 1. The molecule has 1 aliphatic rings. The summed E-state index contributed by atoms with van der Waals surface area (Å²) in [6, 6.07) is 8.18. The highest BCUT2D eigenvalue weighted by Crippen LogP contribution is 2.26. The monoisotopic (exact) mass is 293 g/mol. The van der Waals surface area contributed by atoms with Crippen molar-refractivity contribution in [2.45, 2.75) is 25.3 Å². The molecule has 0 bridgehead atoms. The molecule has 0 amide bonds. The second-order valence-corrected chi connectivity index (χ2v) is 5.13.